The number of ether oxygens (including phenoxy) is 4. The van der Waals surface area contributed by atoms with Gasteiger partial charge in [-0.05, 0) is 38.5 Å². The summed E-state index contributed by atoms with van der Waals surface area (Å²) in [5.41, 5.74) is 0. The zero-order valence-corrected chi connectivity index (χ0v) is 16.9. The van der Waals surface area contributed by atoms with Gasteiger partial charge in [0.05, 0.1) is 39.0 Å². The number of carbonyl (C=O) groups is 2. The molecular formula is C20H36N2O6. The van der Waals surface area contributed by atoms with Crippen LogP contribution in [0.3, 0.4) is 0 Å². The summed E-state index contributed by atoms with van der Waals surface area (Å²) < 4.78 is 20.1. The van der Waals surface area contributed by atoms with Crippen LogP contribution in [0.1, 0.15) is 51.4 Å². The summed E-state index contributed by atoms with van der Waals surface area (Å²) in [5.74, 6) is 0. The molecule has 0 saturated carbocycles. The van der Waals surface area contributed by atoms with E-state index in [0.29, 0.717) is 39.5 Å². The summed E-state index contributed by atoms with van der Waals surface area (Å²) in [7, 11) is 0. The third-order valence-corrected chi connectivity index (χ3v) is 3.66. The topological polar surface area (TPSA) is 95.1 Å². The van der Waals surface area contributed by atoms with Crippen molar-refractivity contribution >= 4 is 12.2 Å². The summed E-state index contributed by atoms with van der Waals surface area (Å²) in [6.07, 6.45) is 8.91. The van der Waals surface area contributed by atoms with Gasteiger partial charge in [0.25, 0.3) is 0 Å². The highest BCUT2D eigenvalue weighted by atomic mass is 16.6. The van der Waals surface area contributed by atoms with E-state index >= 15 is 0 Å². The maximum atomic E-state index is 11.4. The van der Waals surface area contributed by atoms with Gasteiger partial charge in [-0.1, -0.05) is 26.0 Å². The quantitative estimate of drug-likeness (QED) is 0.252. The monoisotopic (exact) mass is 400 g/mol. The third-order valence-electron chi connectivity index (χ3n) is 3.66. The molecule has 28 heavy (non-hydrogen) atoms. The summed E-state index contributed by atoms with van der Waals surface area (Å²) in [4.78, 5) is 22.9. The van der Waals surface area contributed by atoms with Crippen LogP contribution in [0.4, 0.5) is 9.59 Å². The molecule has 8 nitrogen and oxygen atoms in total. The normalized spacial score (nSPS) is 9.86. The Kier molecular flexibility index (Phi) is 19.1. The second-order valence-corrected chi connectivity index (χ2v) is 6.03. The first-order valence-electron chi connectivity index (χ1n) is 9.97. The highest BCUT2D eigenvalue weighted by molar-refractivity contribution is 5.67. The number of amides is 2. The lowest BCUT2D eigenvalue weighted by Gasteiger charge is -2.08. The minimum Gasteiger partial charge on any atom is -0.502 e. The Balaban J connectivity index is 3.27. The van der Waals surface area contributed by atoms with Gasteiger partial charge >= 0.3 is 12.2 Å². The summed E-state index contributed by atoms with van der Waals surface area (Å²) >= 11 is 0. The van der Waals surface area contributed by atoms with E-state index in [4.69, 9.17) is 18.9 Å². The predicted octanol–water partition coefficient (Wildman–Crippen LogP) is 3.88. The van der Waals surface area contributed by atoms with E-state index in [1.54, 1.807) is 0 Å². The number of carbonyl (C=O) groups excluding carboxylic acids is 2. The molecule has 0 fully saturated rings. The molecule has 0 aliphatic rings. The van der Waals surface area contributed by atoms with Gasteiger partial charge in [0, 0.05) is 13.1 Å². The maximum Gasteiger partial charge on any atom is 0.407 e. The molecule has 0 atom stereocenters. The van der Waals surface area contributed by atoms with E-state index in [9.17, 15) is 9.59 Å². The fraction of sp³-hybridized carbons (Fsp3) is 0.700. The van der Waals surface area contributed by atoms with E-state index in [-0.39, 0.29) is 12.2 Å². The van der Waals surface area contributed by atoms with Crippen LogP contribution >= 0.6 is 0 Å². The fourth-order valence-electron chi connectivity index (χ4n) is 2.16. The van der Waals surface area contributed by atoms with Crippen LogP contribution in [0.15, 0.2) is 25.7 Å². The van der Waals surface area contributed by atoms with Crippen molar-refractivity contribution in [1.82, 2.24) is 10.6 Å². The summed E-state index contributed by atoms with van der Waals surface area (Å²) in [6, 6.07) is 0. The van der Waals surface area contributed by atoms with Crippen molar-refractivity contribution in [3.05, 3.63) is 25.7 Å². The van der Waals surface area contributed by atoms with E-state index < -0.39 is 0 Å². The molecule has 2 amide bonds. The Morgan fingerprint density at radius 3 is 1.39 bits per heavy atom. The minimum absolute atomic E-state index is 0.384. The average molecular weight is 401 g/mol. The molecule has 0 aliphatic heterocycles. The smallest absolute Gasteiger partial charge is 0.407 e. The van der Waals surface area contributed by atoms with Crippen molar-refractivity contribution in [3.63, 3.8) is 0 Å². The molecule has 0 aromatic carbocycles. The molecule has 0 aliphatic carbocycles. The van der Waals surface area contributed by atoms with Crippen molar-refractivity contribution < 1.29 is 28.5 Å². The summed E-state index contributed by atoms with van der Waals surface area (Å²) in [5, 5.41) is 5.45. The molecule has 0 rings (SSSR count). The van der Waals surface area contributed by atoms with Crippen molar-refractivity contribution in [1.29, 1.82) is 0 Å². The lowest BCUT2D eigenvalue weighted by Crippen LogP contribution is -2.26. The van der Waals surface area contributed by atoms with Crippen LogP contribution in [0.25, 0.3) is 0 Å². The van der Waals surface area contributed by atoms with Crippen LogP contribution in [0, 0.1) is 0 Å². The van der Waals surface area contributed by atoms with Crippen molar-refractivity contribution in [3.8, 4) is 0 Å². The molecule has 0 unspecified atom stereocenters. The Bertz CT molecular complexity index is 380. The molecule has 0 saturated heterocycles. The first kappa shape index (κ1) is 25.6. The van der Waals surface area contributed by atoms with Gasteiger partial charge in [-0.3, -0.25) is 0 Å². The minimum atomic E-state index is -0.384. The summed E-state index contributed by atoms with van der Waals surface area (Å²) in [6.45, 7) is 10.0. The fourth-order valence-corrected chi connectivity index (χ4v) is 2.16. The molecular weight excluding hydrogens is 364 g/mol. The van der Waals surface area contributed by atoms with E-state index in [2.05, 4.69) is 23.8 Å². The zero-order chi connectivity index (χ0) is 20.7. The first-order chi connectivity index (χ1) is 13.7. The Labute approximate surface area is 168 Å². The second kappa shape index (κ2) is 20.9. The van der Waals surface area contributed by atoms with Crippen LogP contribution in [-0.4, -0.2) is 51.7 Å². The number of hydrogen-bond donors (Lipinski definition) is 2. The maximum absolute atomic E-state index is 11.4. The largest absolute Gasteiger partial charge is 0.502 e. The first-order valence-corrected chi connectivity index (χ1v) is 9.97. The molecule has 0 bridgehead atoms. The molecule has 0 radical (unpaired) electrons. The standard InChI is InChI=1S/C20H36N2O6/c1-3-25-15-9-11-17-27-19(23)21-13-7-5-6-8-14-22-20(24)28-18-12-10-16-26-4-2/h3-4H,1-2,5-18H2,(H,21,23)(H,22,24). The van der Waals surface area contributed by atoms with Crippen LogP contribution < -0.4 is 10.6 Å². The average Bonchev–Trinajstić information content (AvgIpc) is 2.69. The van der Waals surface area contributed by atoms with Gasteiger partial charge in [0.1, 0.15) is 0 Å². The molecule has 0 aromatic heterocycles. The molecule has 0 aromatic rings. The van der Waals surface area contributed by atoms with E-state index in [1.807, 2.05) is 0 Å². The van der Waals surface area contributed by atoms with Gasteiger partial charge in [-0.25, -0.2) is 9.59 Å². The van der Waals surface area contributed by atoms with Crippen molar-refractivity contribution in [2.45, 2.75) is 51.4 Å². The van der Waals surface area contributed by atoms with Gasteiger partial charge in [0.15, 0.2) is 0 Å². The molecule has 162 valence electrons. The highest BCUT2D eigenvalue weighted by Gasteiger charge is 2.02. The Morgan fingerprint density at radius 1 is 0.607 bits per heavy atom. The van der Waals surface area contributed by atoms with Gasteiger partial charge in [-0.15, -0.1) is 0 Å². The SMILES string of the molecule is C=COCCCCOC(=O)NCCCCCCNC(=O)OCCCCOC=C. The number of nitrogens with one attached hydrogen (secondary N) is 2. The van der Waals surface area contributed by atoms with Crippen molar-refractivity contribution in [2.75, 3.05) is 39.5 Å². The van der Waals surface area contributed by atoms with E-state index in [1.165, 1.54) is 12.5 Å². The lowest BCUT2D eigenvalue weighted by atomic mass is 10.2. The number of alkyl carbamates (subject to hydrolysis) is 2. The van der Waals surface area contributed by atoms with Gasteiger partial charge in [0.2, 0.25) is 0 Å². The second-order valence-electron chi connectivity index (χ2n) is 6.03. The van der Waals surface area contributed by atoms with Crippen LogP contribution in [0.5, 0.6) is 0 Å². The molecule has 0 spiro atoms. The lowest BCUT2D eigenvalue weighted by molar-refractivity contribution is 0.138. The van der Waals surface area contributed by atoms with Crippen molar-refractivity contribution in [2.24, 2.45) is 0 Å². The van der Waals surface area contributed by atoms with Gasteiger partial charge in [-0.2, -0.15) is 0 Å². The Hall–Kier alpha value is -2.38. The van der Waals surface area contributed by atoms with E-state index in [0.717, 1.165) is 51.4 Å². The van der Waals surface area contributed by atoms with Crippen LogP contribution in [0.2, 0.25) is 0 Å². The number of unbranched alkanes of at least 4 members (excludes halogenated alkanes) is 5. The Morgan fingerprint density at radius 2 is 1.00 bits per heavy atom. The molecule has 8 heteroatoms. The predicted molar refractivity (Wildman–Crippen MR) is 108 cm³/mol. The third kappa shape index (κ3) is 19.9. The number of rotatable bonds is 19. The molecule has 2 N–H and O–H groups in total. The zero-order valence-electron chi connectivity index (χ0n) is 16.9. The molecule has 0 heterocycles. The van der Waals surface area contributed by atoms with Crippen LogP contribution in [-0.2, 0) is 18.9 Å². The van der Waals surface area contributed by atoms with Gasteiger partial charge < -0.3 is 29.6 Å². The highest BCUT2D eigenvalue weighted by Crippen LogP contribution is 1.99. The number of hydrogen-bond acceptors (Lipinski definition) is 6.